The van der Waals surface area contributed by atoms with Gasteiger partial charge in [0.15, 0.2) is 0 Å². The smallest absolute Gasteiger partial charge is 0.146 e. The van der Waals surface area contributed by atoms with Gasteiger partial charge in [-0.2, -0.15) is 0 Å². The van der Waals surface area contributed by atoms with E-state index in [1.54, 1.807) is 0 Å². The van der Waals surface area contributed by atoms with Gasteiger partial charge in [0.1, 0.15) is 11.5 Å². The summed E-state index contributed by atoms with van der Waals surface area (Å²) < 4.78 is 15.8. The van der Waals surface area contributed by atoms with Crippen LogP contribution in [-0.4, -0.2) is 13.2 Å². The largest absolute Gasteiger partial charge is 0.491 e. The molecule has 2 atom stereocenters. The van der Waals surface area contributed by atoms with Crippen molar-refractivity contribution < 1.29 is 9.47 Å². The zero-order chi connectivity index (χ0) is 23.1. The molecule has 0 saturated heterocycles. The number of thiophene rings is 2. The van der Waals surface area contributed by atoms with E-state index in [-0.39, 0.29) is 0 Å². The van der Waals surface area contributed by atoms with E-state index in [1.807, 2.05) is 22.7 Å². The van der Waals surface area contributed by atoms with E-state index in [4.69, 9.17) is 9.47 Å². The lowest BCUT2D eigenvalue weighted by atomic mass is 10.0. The molecule has 0 radical (unpaired) electrons. The SMILES string of the molecule is CCCCC(CC)COc1c2cc(C)sc2c(OCC(CC)CCCC)c2cc(C)sc12. The van der Waals surface area contributed by atoms with Crippen LogP contribution in [0.5, 0.6) is 11.5 Å². The third kappa shape index (κ3) is 5.99. The fraction of sp³-hybridized carbons (Fsp3) is 0.643. The van der Waals surface area contributed by atoms with Crippen LogP contribution in [0.2, 0.25) is 0 Å². The average molecular weight is 475 g/mol. The maximum atomic E-state index is 6.63. The summed E-state index contributed by atoms with van der Waals surface area (Å²) in [6.45, 7) is 15.1. The first-order chi connectivity index (χ1) is 15.5. The molecule has 2 unspecified atom stereocenters. The minimum absolute atomic E-state index is 0.626. The highest BCUT2D eigenvalue weighted by Crippen LogP contribution is 2.49. The van der Waals surface area contributed by atoms with Crippen molar-refractivity contribution in [2.75, 3.05) is 13.2 Å². The number of unbranched alkanes of at least 4 members (excludes halogenated alkanes) is 2. The lowest BCUT2D eigenvalue weighted by Gasteiger charge is -2.19. The zero-order valence-electron chi connectivity index (χ0n) is 21.0. The van der Waals surface area contributed by atoms with Crippen molar-refractivity contribution in [2.45, 2.75) is 92.9 Å². The molecule has 0 saturated carbocycles. The number of hydrogen-bond acceptors (Lipinski definition) is 4. The second-order valence-corrected chi connectivity index (χ2v) is 11.8. The summed E-state index contributed by atoms with van der Waals surface area (Å²) in [7, 11) is 0. The Morgan fingerprint density at radius 2 is 1.09 bits per heavy atom. The van der Waals surface area contributed by atoms with Gasteiger partial charge in [0.05, 0.1) is 22.6 Å². The van der Waals surface area contributed by atoms with E-state index in [1.165, 1.54) is 81.3 Å². The first-order valence-electron chi connectivity index (χ1n) is 12.7. The number of hydrogen-bond donors (Lipinski definition) is 0. The van der Waals surface area contributed by atoms with E-state index < -0.39 is 0 Å². The fourth-order valence-electron chi connectivity index (χ4n) is 4.43. The van der Waals surface area contributed by atoms with Crippen molar-refractivity contribution in [1.29, 1.82) is 0 Å². The molecule has 0 spiro atoms. The predicted octanol–water partition coefficient (Wildman–Crippen LogP) is 9.92. The van der Waals surface area contributed by atoms with Gasteiger partial charge in [0, 0.05) is 20.5 Å². The maximum Gasteiger partial charge on any atom is 0.146 e. The molecule has 32 heavy (non-hydrogen) atoms. The van der Waals surface area contributed by atoms with Gasteiger partial charge in [-0.25, -0.2) is 0 Å². The van der Waals surface area contributed by atoms with Crippen LogP contribution >= 0.6 is 22.7 Å². The van der Waals surface area contributed by atoms with E-state index in [2.05, 4.69) is 53.7 Å². The number of benzene rings is 1. The normalized spacial score (nSPS) is 13.7. The summed E-state index contributed by atoms with van der Waals surface area (Å²) in [5, 5.41) is 2.48. The Labute approximate surface area is 203 Å². The quantitative estimate of drug-likeness (QED) is 0.231. The van der Waals surface area contributed by atoms with Crippen LogP contribution in [-0.2, 0) is 0 Å². The van der Waals surface area contributed by atoms with E-state index in [0.717, 1.165) is 24.7 Å². The molecular weight excluding hydrogens is 432 g/mol. The van der Waals surface area contributed by atoms with Crippen molar-refractivity contribution in [1.82, 2.24) is 0 Å². The van der Waals surface area contributed by atoms with Gasteiger partial charge in [-0.15, -0.1) is 22.7 Å². The molecule has 2 aromatic heterocycles. The van der Waals surface area contributed by atoms with Crippen molar-refractivity contribution in [3.8, 4) is 11.5 Å². The molecule has 0 N–H and O–H groups in total. The van der Waals surface area contributed by atoms with Gasteiger partial charge >= 0.3 is 0 Å². The molecule has 4 heteroatoms. The van der Waals surface area contributed by atoms with Gasteiger partial charge in [-0.1, -0.05) is 66.2 Å². The van der Waals surface area contributed by atoms with Crippen LogP contribution in [0.3, 0.4) is 0 Å². The highest BCUT2D eigenvalue weighted by atomic mass is 32.1. The lowest BCUT2D eigenvalue weighted by Crippen LogP contribution is -2.12. The minimum Gasteiger partial charge on any atom is -0.491 e. The molecule has 1 aromatic carbocycles. The third-order valence-electron chi connectivity index (χ3n) is 6.63. The molecule has 0 bridgehead atoms. The molecule has 0 fully saturated rings. The standard InChI is InChI=1S/C28H42O2S2/c1-7-11-13-21(9-3)17-29-25-23-15-19(5)32-28(23)26(24-16-20(6)31-27(24)25)30-18-22(10-4)14-12-8-2/h15-16,21-22H,7-14,17-18H2,1-6H3. The lowest BCUT2D eigenvalue weighted by molar-refractivity contribution is 0.235. The topological polar surface area (TPSA) is 18.5 Å². The zero-order valence-corrected chi connectivity index (χ0v) is 22.6. The summed E-state index contributed by atoms with van der Waals surface area (Å²) in [4.78, 5) is 2.64. The first-order valence-corrected chi connectivity index (χ1v) is 14.4. The molecule has 3 rings (SSSR count). The van der Waals surface area contributed by atoms with Gasteiger partial charge in [0.2, 0.25) is 0 Å². The van der Waals surface area contributed by atoms with Crippen molar-refractivity contribution >= 4 is 42.8 Å². The Kier molecular flexibility index (Phi) is 9.73. The molecule has 2 nitrogen and oxygen atoms in total. The fourth-order valence-corrected chi connectivity index (χ4v) is 6.48. The van der Waals surface area contributed by atoms with Crippen LogP contribution in [0.1, 0.15) is 88.8 Å². The van der Waals surface area contributed by atoms with E-state index >= 15 is 0 Å². The Hall–Kier alpha value is -1.26. The van der Waals surface area contributed by atoms with Gasteiger partial charge in [-0.3, -0.25) is 0 Å². The van der Waals surface area contributed by atoms with E-state index in [0.29, 0.717) is 11.8 Å². The average Bonchev–Trinajstić information content (AvgIpc) is 3.36. The van der Waals surface area contributed by atoms with Crippen molar-refractivity contribution in [3.05, 3.63) is 21.9 Å². The second kappa shape index (κ2) is 12.3. The molecule has 0 aliphatic rings. The van der Waals surface area contributed by atoms with Crippen LogP contribution in [0.4, 0.5) is 0 Å². The van der Waals surface area contributed by atoms with Gasteiger partial charge < -0.3 is 9.47 Å². The van der Waals surface area contributed by atoms with Crippen molar-refractivity contribution in [3.63, 3.8) is 0 Å². The number of rotatable bonds is 14. The van der Waals surface area contributed by atoms with E-state index in [9.17, 15) is 0 Å². The highest BCUT2D eigenvalue weighted by Gasteiger charge is 2.22. The van der Waals surface area contributed by atoms with Crippen LogP contribution in [0.15, 0.2) is 12.1 Å². The van der Waals surface area contributed by atoms with Crippen LogP contribution in [0, 0.1) is 25.7 Å². The monoisotopic (exact) mass is 474 g/mol. The number of ether oxygens (including phenoxy) is 2. The maximum absolute atomic E-state index is 6.63. The first kappa shape index (κ1) is 25.4. The summed E-state index contributed by atoms with van der Waals surface area (Å²) in [5.41, 5.74) is 0. The number of aryl methyl sites for hydroxylation is 2. The van der Waals surface area contributed by atoms with Gasteiger partial charge in [0.25, 0.3) is 0 Å². The summed E-state index contributed by atoms with van der Waals surface area (Å²) in [6.07, 6.45) is 9.93. The number of fused-ring (bicyclic) bond motifs is 2. The molecular formula is C28H42O2S2. The van der Waals surface area contributed by atoms with Crippen molar-refractivity contribution in [2.24, 2.45) is 11.8 Å². The molecule has 0 aliphatic heterocycles. The predicted molar refractivity (Wildman–Crippen MR) is 144 cm³/mol. The third-order valence-corrected chi connectivity index (χ3v) is 8.72. The second-order valence-electron chi connectivity index (χ2n) is 9.31. The summed E-state index contributed by atoms with van der Waals surface area (Å²) >= 11 is 3.70. The molecule has 3 aromatic rings. The highest BCUT2D eigenvalue weighted by molar-refractivity contribution is 7.21. The molecule has 2 heterocycles. The minimum atomic E-state index is 0.626. The van der Waals surface area contributed by atoms with Gasteiger partial charge in [-0.05, 0) is 50.7 Å². The molecule has 0 amide bonds. The molecule has 178 valence electrons. The van der Waals surface area contributed by atoms with Crippen LogP contribution < -0.4 is 9.47 Å². The Morgan fingerprint density at radius 1 is 0.688 bits per heavy atom. The summed E-state index contributed by atoms with van der Waals surface area (Å²) in [5.74, 6) is 3.41. The van der Waals surface area contributed by atoms with Crippen LogP contribution in [0.25, 0.3) is 20.2 Å². The Bertz CT molecular complexity index is 852. The summed E-state index contributed by atoms with van der Waals surface area (Å²) in [6, 6.07) is 4.61. The Balaban J connectivity index is 1.96. The molecule has 0 aliphatic carbocycles. The Morgan fingerprint density at radius 3 is 1.44 bits per heavy atom.